The SMILES string of the molecule is C[C@@H](Nc1ncc2c(-c3ccc4ncnn4c3)c[nH]c2n1)C1CC1. The Bertz CT molecular complexity index is 1030. The molecule has 0 aromatic carbocycles. The molecule has 0 unspecified atom stereocenters. The van der Waals surface area contributed by atoms with Gasteiger partial charge in [-0.25, -0.2) is 14.5 Å². The van der Waals surface area contributed by atoms with Crippen molar-refractivity contribution in [3.63, 3.8) is 0 Å². The molecule has 5 rings (SSSR count). The topological polar surface area (TPSA) is 83.8 Å². The van der Waals surface area contributed by atoms with Crippen molar-refractivity contribution >= 4 is 22.6 Å². The zero-order chi connectivity index (χ0) is 16.1. The summed E-state index contributed by atoms with van der Waals surface area (Å²) in [6.07, 6.45) is 9.96. The van der Waals surface area contributed by atoms with Crippen molar-refractivity contribution in [1.82, 2.24) is 29.5 Å². The monoisotopic (exact) mass is 319 g/mol. The van der Waals surface area contributed by atoms with Gasteiger partial charge in [-0.1, -0.05) is 0 Å². The number of rotatable bonds is 4. The van der Waals surface area contributed by atoms with E-state index in [9.17, 15) is 0 Å². The van der Waals surface area contributed by atoms with Crippen molar-refractivity contribution in [3.05, 3.63) is 37.1 Å². The number of nitrogens with zero attached hydrogens (tertiary/aromatic N) is 5. The normalized spacial score (nSPS) is 15.9. The Morgan fingerprint density at radius 2 is 2.21 bits per heavy atom. The third-order valence-electron chi connectivity index (χ3n) is 4.70. The molecular weight excluding hydrogens is 302 g/mol. The van der Waals surface area contributed by atoms with Crippen LogP contribution in [0, 0.1) is 5.92 Å². The molecule has 2 N–H and O–H groups in total. The third-order valence-corrected chi connectivity index (χ3v) is 4.70. The summed E-state index contributed by atoms with van der Waals surface area (Å²) >= 11 is 0. The standard InChI is InChI=1S/C17H17N7/c1-10(11-2-3-11)22-17-19-7-14-13(6-18-16(14)23-17)12-4-5-15-20-9-21-24(15)8-12/h4-11H,2-3H2,1H3,(H2,18,19,22,23)/t10-/m1/s1. The Labute approximate surface area is 138 Å². The number of aromatic nitrogens is 6. The molecule has 4 aromatic rings. The maximum atomic E-state index is 4.61. The van der Waals surface area contributed by atoms with Gasteiger partial charge in [0.25, 0.3) is 0 Å². The van der Waals surface area contributed by atoms with Gasteiger partial charge in [-0.2, -0.15) is 10.1 Å². The van der Waals surface area contributed by atoms with E-state index in [1.54, 1.807) is 10.8 Å². The van der Waals surface area contributed by atoms with Crippen LogP contribution < -0.4 is 5.32 Å². The zero-order valence-corrected chi connectivity index (χ0v) is 13.3. The van der Waals surface area contributed by atoms with Crippen LogP contribution in [-0.2, 0) is 0 Å². The molecule has 1 saturated carbocycles. The minimum atomic E-state index is 0.423. The largest absolute Gasteiger partial charge is 0.351 e. The fourth-order valence-electron chi connectivity index (χ4n) is 3.11. The van der Waals surface area contributed by atoms with Gasteiger partial charge in [-0.3, -0.25) is 0 Å². The van der Waals surface area contributed by atoms with Crippen LogP contribution in [0.25, 0.3) is 27.8 Å². The van der Waals surface area contributed by atoms with Gasteiger partial charge < -0.3 is 10.3 Å². The van der Waals surface area contributed by atoms with Gasteiger partial charge in [0.05, 0.1) is 0 Å². The molecular formula is C17H17N7. The molecule has 0 aliphatic heterocycles. The van der Waals surface area contributed by atoms with Gasteiger partial charge in [0, 0.05) is 41.1 Å². The van der Waals surface area contributed by atoms with Crippen LogP contribution in [0.4, 0.5) is 5.95 Å². The quantitative estimate of drug-likeness (QED) is 0.604. The van der Waals surface area contributed by atoms with E-state index in [2.05, 4.69) is 37.3 Å². The summed E-state index contributed by atoms with van der Waals surface area (Å²) < 4.78 is 1.77. The molecule has 0 saturated heterocycles. The van der Waals surface area contributed by atoms with Crippen LogP contribution in [0.2, 0.25) is 0 Å². The third kappa shape index (κ3) is 2.20. The number of anilines is 1. The number of nitrogens with one attached hydrogen (secondary N) is 2. The number of pyridine rings is 1. The zero-order valence-electron chi connectivity index (χ0n) is 13.3. The fraction of sp³-hybridized carbons (Fsp3) is 0.294. The van der Waals surface area contributed by atoms with E-state index < -0.39 is 0 Å². The first-order chi connectivity index (χ1) is 11.8. The maximum absolute atomic E-state index is 4.61. The van der Waals surface area contributed by atoms with Gasteiger partial charge in [0.15, 0.2) is 5.65 Å². The Morgan fingerprint density at radius 3 is 3.08 bits per heavy atom. The Hall–Kier alpha value is -2.96. The van der Waals surface area contributed by atoms with E-state index in [-0.39, 0.29) is 0 Å². The smallest absolute Gasteiger partial charge is 0.224 e. The summed E-state index contributed by atoms with van der Waals surface area (Å²) in [5.41, 5.74) is 3.78. The molecule has 7 nitrogen and oxygen atoms in total. The van der Waals surface area contributed by atoms with E-state index in [4.69, 9.17) is 0 Å². The number of hydrogen-bond acceptors (Lipinski definition) is 5. The Balaban J connectivity index is 1.52. The molecule has 1 aliphatic carbocycles. The number of H-pyrrole nitrogens is 1. The highest BCUT2D eigenvalue weighted by atomic mass is 15.3. The van der Waals surface area contributed by atoms with Crippen LogP contribution in [-0.4, -0.2) is 35.6 Å². The van der Waals surface area contributed by atoms with Crippen LogP contribution in [0.3, 0.4) is 0 Å². The highest BCUT2D eigenvalue weighted by molar-refractivity contribution is 5.93. The lowest BCUT2D eigenvalue weighted by atomic mass is 10.1. The number of hydrogen-bond donors (Lipinski definition) is 2. The van der Waals surface area contributed by atoms with Crippen molar-refractivity contribution in [1.29, 1.82) is 0 Å². The second kappa shape index (κ2) is 5.02. The summed E-state index contributed by atoms with van der Waals surface area (Å²) in [5.74, 6) is 1.44. The second-order valence-electron chi connectivity index (χ2n) is 6.41. The summed E-state index contributed by atoms with van der Waals surface area (Å²) in [5, 5.41) is 8.59. The Kier molecular flexibility index (Phi) is 2.82. The molecule has 0 amide bonds. The lowest BCUT2D eigenvalue weighted by molar-refractivity contribution is 0.687. The minimum absolute atomic E-state index is 0.423. The predicted octanol–water partition coefficient (Wildman–Crippen LogP) is 2.88. The molecule has 4 heterocycles. The molecule has 24 heavy (non-hydrogen) atoms. The first kappa shape index (κ1) is 13.5. The van der Waals surface area contributed by atoms with Crippen LogP contribution in [0.1, 0.15) is 19.8 Å². The number of fused-ring (bicyclic) bond motifs is 2. The van der Waals surface area contributed by atoms with Gasteiger partial charge in [-0.05, 0) is 37.8 Å². The molecule has 1 fully saturated rings. The van der Waals surface area contributed by atoms with Gasteiger partial charge >= 0.3 is 0 Å². The van der Waals surface area contributed by atoms with Gasteiger partial charge in [-0.15, -0.1) is 0 Å². The molecule has 1 aliphatic rings. The van der Waals surface area contributed by atoms with Crippen LogP contribution >= 0.6 is 0 Å². The van der Waals surface area contributed by atoms with E-state index in [0.717, 1.165) is 33.7 Å². The predicted molar refractivity (Wildman–Crippen MR) is 91.7 cm³/mol. The lowest BCUT2D eigenvalue weighted by Crippen LogP contribution is -2.18. The van der Waals surface area contributed by atoms with E-state index in [0.29, 0.717) is 12.0 Å². The summed E-state index contributed by atoms with van der Waals surface area (Å²) in [6, 6.07) is 4.41. The molecule has 0 radical (unpaired) electrons. The van der Waals surface area contributed by atoms with Crippen molar-refractivity contribution in [2.75, 3.05) is 5.32 Å². The average molecular weight is 319 g/mol. The molecule has 120 valence electrons. The average Bonchev–Trinajstić information content (AvgIpc) is 3.20. The van der Waals surface area contributed by atoms with E-state index in [1.165, 1.54) is 12.8 Å². The molecule has 4 aromatic heterocycles. The van der Waals surface area contributed by atoms with Crippen molar-refractivity contribution < 1.29 is 0 Å². The summed E-state index contributed by atoms with van der Waals surface area (Å²) in [6.45, 7) is 2.19. The highest BCUT2D eigenvalue weighted by Gasteiger charge is 2.28. The van der Waals surface area contributed by atoms with Gasteiger partial charge in [0.1, 0.15) is 12.0 Å². The van der Waals surface area contributed by atoms with Crippen molar-refractivity contribution in [3.8, 4) is 11.1 Å². The number of aromatic amines is 1. The second-order valence-corrected chi connectivity index (χ2v) is 6.41. The summed E-state index contributed by atoms with van der Waals surface area (Å²) in [7, 11) is 0. The molecule has 1 atom stereocenters. The van der Waals surface area contributed by atoms with E-state index in [1.807, 2.05) is 30.7 Å². The lowest BCUT2D eigenvalue weighted by Gasteiger charge is -2.12. The molecule has 0 spiro atoms. The van der Waals surface area contributed by atoms with E-state index >= 15 is 0 Å². The first-order valence-corrected chi connectivity index (χ1v) is 8.18. The molecule has 7 heteroatoms. The van der Waals surface area contributed by atoms with Crippen molar-refractivity contribution in [2.45, 2.75) is 25.8 Å². The van der Waals surface area contributed by atoms with Crippen LogP contribution in [0.5, 0.6) is 0 Å². The highest BCUT2D eigenvalue weighted by Crippen LogP contribution is 2.34. The van der Waals surface area contributed by atoms with Gasteiger partial charge in [0.2, 0.25) is 5.95 Å². The Morgan fingerprint density at radius 1 is 1.29 bits per heavy atom. The van der Waals surface area contributed by atoms with Crippen molar-refractivity contribution in [2.24, 2.45) is 5.92 Å². The molecule has 0 bridgehead atoms. The van der Waals surface area contributed by atoms with Crippen LogP contribution in [0.15, 0.2) is 37.1 Å². The first-order valence-electron chi connectivity index (χ1n) is 8.18. The minimum Gasteiger partial charge on any atom is -0.351 e. The fourth-order valence-corrected chi connectivity index (χ4v) is 3.11. The summed E-state index contributed by atoms with van der Waals surface area (Å²) in [4.78, 5) is 16.5. The maximum Gasteiger partial charge on any atom is 0.224 e.